The molecule has 1 unspecified atom stereocenters. The molecule has 1 aliphatic rings. The van der Waals surface area contributed by atoms with Gasteiger partial charge in [0.1, 0.15) is 0 Å². The Bertz CT molecular complexity index is 819. The van der Waals surface area contributed by atoms with E-state index in [2.05, 4.69) is 4.98 Å². The molecule has 7 heteroatoms. The van der Waals surface area contributed by atoms with Crippen LogP contribution in [0.3, 0.4) is 0 Å². The van der Waals surface area contributed by atoms with Crippen LogP contribution < -0.4 is 0 Å². The SMILES string of the molecule is O=C(O)C1CCCN(S(=O)(=O)c2ccc3ncccc3c2)C1. The number of hydrogen-bond donors (Lipinski definition) is 1. The van der Waals surface area contributed by atoms with E-state index in [1.54, 1.807) is 30.5 Å². The van der Waals surface area contributed by atoms with Crippen LogP contribution in [0, 0.1) is 5.92 Å². The molecule has 1 N–H and O–H groups in total. The van der Waals surface area contributed by atoms with Gasteiger partial charge in [-0.3, -0.25) is 9.78 Å². The van der Waals surface area contributed by atoms with Gasteiger partial charge < -0.3 is 5.11 Å². The highest BCUT2D eigenvalue weighted by molar-refractivity contribution is 7.89. The van der Waals surface area contributed by atoms with Crippen molar-refractivity contribution >= 4 is 26.9 Å². The summed E-state index contributed by atoms with van der Waals surface area (Å²) in [6.07, 6.45) is 2.73. The van der Waals surface area contributed by atoms with Crippen LogP contribution in [-0.2, 0) is 14.8 Å². The zero-order chi connectivity index (χ0) is 15.7. The lowest BCUT2D eigenvalue weighted by atomic mass is 10.0. The van der Waals surface area contributed by atoms with Crippen molar-refractivity contribution in [3.05, 3.63) is 36.5 Å². The number of carboxylic acid groups (broad SMARTS) is 1. The van der Waals surface area contributed by atoms with E-state index in [-0.39, 0.29) is 11.4 Å². The van der Waals surface area contributed by atoms with Crippen LogP contribution in [0.2, 0.25) is 0 Å². The number of nitrogens with zero attached hydrogens (tertiary/aromatic N) is 2. The van der Waals surface area contributed by atoms with E-state index >= 15 is 0 Å². The van der Waals surface area contributed by atoms with E-state index < -0.39 is 21.9 Å². The van der Waals surface area contributed by atoms with Gasteiger partial charge >= 0.3 is 5.97 Å². The van der Waals surface area contributed by atoms with Crippen LogP contribution in [-0.4, -0.2) is 41.9 Å². The summed E-state index contributed by atoms with van der Waals surface area (Å²) in [5.41, 5.74) is 0.725. The molecule has 116 valence electrons. The molecule has 1 fully saturated rings. The Morgan fingerprint density at radius 1 is 1.32 bits per heavy atom. The summed E-state index contributed by atoms with van der Waals surface area (Å²) >= 11 is 0. The molecule has 0 aliphatic carbocycles. The second-order valence-corrected chi connectivity index (χ2v) is 7.34. The molecule has 6 nitrogen and oxygen atoms in total. The van der Waals surface area contributed by atoms with Crippen LogP contribution in [0.25, 0.3) is 10.9 Å². The van der Waals surface area contributed by atoms with Gasteiger partial charge in [-0.1, -0.05) is 6.07 Å². The van der Waals surface area contributed by atoms with Gasteiger partial charge in [0.25, 0.3) is 0 Å². The fourth-order valence-electron chi connectivity index (χ4n) is 2.73. The van der Waals surface area contributed by atoms with E-state index in [9.17, 15) is 13.2 Å². The van der Waals surface area contributed by atoms with E-state index in [4.69, 9.17) is 5.11 Å². The molecule has 0 amide bonds. The summed E-state index contributed by atoms with van der Waals surface area (Å²) in [5, 5.41) is 9.85. The number of hydrogen-bond acceptors (Lipinski definition) is 4. The maximum Gasteiger partial charge on any atom is 0.307 e. The minimum Gasteiger partial charge on any atom is -0.481 e. The van der Waals surface area contributed by atoms with Crippen molar-refractivity contribution in [2.24, 2.45) is 5.92 Å². The fourth-order valence-corrected chi connectivity index (χ4v) is 4.29. The summed E-state index contributed by atoms with van der Waals surface area (Å²) in [6.45, 7) is 0.389. The number of carbonyl (C=O) groups is 1. The van der Waals surface area contributed by atoms with Crippen molar-refractivity contribution in [2.45, 2.75) is 17.7 Å². The summed E-state index contributed by atoms with van der Waals surface area (Å²) < 4.78 is 26.7. The second kappa shape index (κ2) is 5.66. The maximum atomic E-state index is 12.7. The zero-order valence-corrected chi connectivity index (χ0v) is 12.7. The first-order valence-electron chi connectivity index (χ1n) is 7.06. The lowest BCUT2D eigenvalue weighted by Gasteiger charge is -2.29. The highest BCUT2D eigenvalue weighted by Crippen LogP contribution is 2.25. The van der Waals surface area contributed by atoms with Gasteiger partial charge in [0.2, 0.25) is 10.0 Å². The number of carboxylic acids is 1. The largest absolute Gasteiger partial charge is 0.481 e. The van der Waals surface area contributed by atoms with Crippen LogP contribution in [0.4, 0.5) is 0 Å². The predicted molar refractivity (Wildman–Crippen MR) is 80.9 cm³/mol. The smallest absolute Gasteiger partial charge is 0.307 e. The van der Waals surface area contributed by atoms with Crippen molar-refractivity contribution in [2.75, 3.05) is 13.1 Å². The summed E-state index contributed by atoms with van der Waals surface area (Å²) in [5.74, 6) is -1.58. The monoisotopic (exact) mass is 320 g/mol. The lowest BCUT2D eigenvalue weighted by Crippen LogP contribution is -2.42. The van der Waals surface area contributed by atoms with Gasteiger partial charge in [-0.2, -0.15) is 4.31 Å². The first kappa shape index (κ1) is 14.9. The van der Waals surface area contributed by atoms with Gasteiger partial charge in [0, 0.05) is 24.7 Å². The van der Waals surface area contributed by atoms with Crippen molar-refractivity contribution in [1.82, 2.24) is 9.29 Å². The summed E-state index contributed by atoms with van der Waals surface area (Å²) in [4.78, 5) is 15.5. The molecule has 2 aromatic rings. The van der Waals surface area contributed by atoms with Crippen LogP contribution in [0.1, 0.15) is 12.8 Å². The molecule has 0 saturated carbocycles. The number of piperidine rings is 1. The second-order valence-electron chi connectivity index (χ2n) is 5.40. The van der Waals surface area contributed by atoms with Crippen LogP contribution in [0.15, 0.2) is 41.4 Å². The summed E-state index contributed by atoms with van der Waals surface area (Å²) in [6, 6.07) is 8.33. The topological polar surface area (TPSA) is 87.6 Å². The third-order valence-electron chi connectivity index (χ3n) is 3.95. The third-order valence-corrected chi connectivity index (χ3v) is 5.81. The number of sulfonamides is 1. The van der Waals surface area contributed by atoms with Crippen molar-refractivity contribution in [3.8, 4) is 0 Å². The molecule has 1 saturated heterocycles. The molecule has 0 bridgehead atoms. The Labute approximate surface area is 128 Å². The first-order chi connectivity index (χ1) is 10.5. The van der Waals surface area contributed by atoms with Gasteiger partial charge in [0.15, 0.2) is 0 Å². The Kier molecular flexibility index (Phi) is 3.84. The Hall–Kier alpha value is -1.99. The highest BCUT2D eigenvalue weighted by atomic mass is 32.2. The summed E-state index contributed by atoms with van der Waals surface area (Å²) in [7, 11) is -3.68. The van der Waals surface area contributed by atoms with Gasteiger partial charge in [-0.15, -0.1) is 0 Å². The van der Waals surface area contributed by atoms with Crippen molar-refractivity contribution in [1.29, 1.82) is 0 Å². The minimum atomic E-state index is -3.68. The number of benzene rings is 1. The first-order valence-corrected chi connectivity index (χ1v) is 8.50. The molecule has 1 atom stereocenters. The zero-order valence-electron chi connectivity index (χ0n) is 11.8. The maximum absolute atomic E-state index is 12.7. The molecule has 1 aromatic heterocycles. The molecule has 1 aliphatic heterocycles. The van der Waals surface area contributed by atoms with E-state index in [0.717, 1.165) is 10.9 Å². The molecule has 0 radical (unpaired) electrons. The van der Waals surface area contributed by atoms with Gasteiger partial charge in [-0.25, -0.2) is 8.42 Å². The third kappa shape index (κ3) is 2.69. The average Bonchev–Trinajstić information content (AvgIpc) is 2.54. The Morgan fingerprint density at radius 3 is 2.91 bits per heavy atom. The molecule has 1 aromatic carbocycles. The molecule has 2 heterocycles. The van der Waals surface area contributed by atoms with Crippen LogP contribution >= 0.6 is 0 Å². The normalized spacial score (nSPS) is 20.1. The Morgan fingerprint density at radius 2 is 2.14 bits per heavy atom. The lowest BCUT2D eigenvalue weighted by molar-refractivity contribution is -0.142. The average molecular weight is 320 g/mol. The van der Waals surface area contributed by atoms with Gasteiger partial charge in [-0.05, 0) is 37.1 Å². The van der Waals surface area contributed by atoms with Crippen LogP contribution in [0.5, 0.6) is 0 Å². The Balaban J connectivity index is 1.95. The molecular weight excluding hydrogens is 304 g/mol. The van der Waals surface area contributed by atoms with E-state index in [1.165, 1.54) is 10.4 Å². The highest BCUT2D eigenvalue weighted by Gasteiger charge is 2.33. The van der Waals surface area contributed by atoms with Crippen molar-refractivity contribution in [3.63, 3.8) is 0 Å². The van der Waals surface area contributed by atoms with E-state index in [0.29, 0.717) is 19.4 Å². The molecule has 22 heavy (non-hydrogen) atoms. The van der Waals surface area contributed by atoms with Gasteiger partial charge in [0.05, 0.1) is 16.3 Å². The molecular formula is C15H16N2O4S. The quantitative estimate of drug-likeness (QED) is 0.930. The number of rotatable bonds is 3. The number of aromatic nitrogens is 1. The minimum absolute atomic E-state index is 0.0305. The number of aliphatic carboxylic acids is 1. The predicted octanol–water partition coefficient (Wildman–Crippen LogP) is 1.72. The fraction of sp³-hybridized carbons (Fsp3) is 0.333. The molecule has 3 rings (SSSR count). The van der Waals surface area contributed by atoms with E-state index in [1.807, 2.05) is 0 Å². The number of pyridine rings is 1. The van der Waals surface area contributed by atoms with Crippen molar-refractivity contribution < 1.29 is 18.3 Å². The molecule has 0 spiro atoms. The standard InChI is InChI=1S/C15H16N2O4S/c18-15(19)12-4-2-8-17(10-12)22(20,21)13-5-6-14-11(9-13)3-1-7-16-14/h1,3,5-7,9,12H,2,4,8,10H2,(H,18,19). The number of fused-ring (bicyclic) bond motifs is 1.